The van der Waals surface area contributed by atoms with Crippen LogP contribution >= 0.6 is 12.2 Å². The van der Waals surface area contributed by atoms with Crippen molar-refractivity contribution in [1.29, 1.82) is 0 Å². The first-order chi connectivity index (χ1) is 12.6. The average Bonchev–Trinajstić information content (AvgIpc) is 3.26. The zero-order chi connectivity index (χ0) is 18.5. The van der Waals surface area contributed by atoms with Crippen LogP contribution in [0.5, 0.6) is 0 Å². The monoisotopic (exact) mass is 372 g/mol. The van der Waals surface area contributed by atoms with Gasteiger partial charge in [0.25, 0.3) is 0 Å². The van der Waals surface area contributed by atoms with E-state index in [0.717, 1.165) is 12.2 Å². The summed E-state index contributed by atoms with van der Waals surface area (Å²) in [5, 5.41) is 15.4. The van der Waals surface area contributed by atoms with Crippen LogP contribution in [-0.2, 0) is 13.1 Å². The number of benzene rings is 1. The van der Waals surface area contributed by atoms with Gasteiger partial charge < -0.3 is 10.6 Å². The van der Waals surface area contributed by atoms with Gasteiger partial charge in [-0.2, -0.15) is 10.2 Å². The largest absolute Gasteiger partial charge is 0.354 e. The molecular formula is C18H21FN6S. The number of nitrogens with one attached hydrogen (secondary N) is 2. The van der Waals surface area contributed by atoms with E-state index in [-0.39, 0.29) is 11.9 Å². The Labute approximate surface area is 157 Å². The Balaban J connectivity index is 1.58. The molecule has 0 fully saturated rings. The first kappa shape index (κ1) is 18.1. The SMILES string of the molecule is CCn1nccc1C(C)NC(=S)Nc1ccn(Cc2ccccc2F)n1. The summed E-state index contributed by atoms with van der Waals surface area (Å²) in [4.78, 5) is 0. The molecule has 8 heteroatoms. The standard InChI is InChI=1S/C18H21FN6S/c1-3-25-16(8-10-20-25)13(2)21-18(26)22-17-9-11-24(23-17)12-14-6-4-5-7-15(14)19/h4-11,13H,3,12H2,1-2H3,(H2,21,22,23,26). The second kappa shape index (κ2) is 8.09. The molecule has 1 atom stereocenters. The van der Waals surface area contributed by atoms with Gasteiger partial charge in [0.15, 0.2) is 10.9 Å². The number of halogens is 1. The maximum atomic E-state index is 13.7. The molecule has 6 nitrogen and oxygen atoms in total. The van der Waals surface area contributed by atoms with Gasteiger partial charge in [0, 0.05) is 30.6 Å². The molecule has 2 aromatic heterocycles. The second-order valence-corrected chi connectivity index (χ2v) is 6.29. The van der Waals surface area contributed by atoms with Crippen molar-refractivity contribution < 1.29 is 4.39 Å². The van der Waals surface area contributed by atoms with Crippen LogP contribution < -0.4 is 10.6 Å². The van der Waals surface area contributed by atoms with Crippen LogP contribution in [0.4, 0.5) is 10.2 Å². The van der Waals surface area contributed by atoms with Gasteiger partial charge >= 0.3 is 0 Å². The third-order valence-corrected chi connectivity index (χ3v) is 4.23. The quantitative estimate of drug-likeness (QED) is 0.650. The van der Waals surface area contributed by atoms with Crippen molar-refractivity contribution in [3.8, 4) is 0 Å². The summed E-state index contributed by atoms with van der Waals surface area (Å²) >= 11 is 5.36. The van der Waals surface area contributed by atoms with Crippen LogP contribution in [0.15, 0.2) is 48.8 Å². The van der Waals surface area contributed by atoms with Gasteiger partial charge in [0.05, 0.1) is 18.3 Å². The van der Waals surface area contributed by atoms with Crippen molar-refractivity contribution in [2.75, 3.05) is 5.32 Å². The minimum absolute atomic E-state index is 0.0120. The number of thiocarbonyl (C=S) groups is 1. The number of nitrogens with zero attached hydrogens (tertiary/aromatic N) is 4. The minimum atomic E-state index is -0.240. The second-order valence-electron chi connectivity index (χ2n) is 5.88. The lowest BCUT2D eigenvalue weighted by Gasteiger charge is -2.17. The fourth-order valence-electron chi connectivity index (χ4n) is 2.72. The Morgan fingerprint density at radius 1 is 1.27 bits per heavy atom. The Morgan fingerprint density at radius 2 is 2.08 bits per heavy atom. The number of rotatable bonds is 6. The van der Waals surface area contributed by atoms with Gasteiger partial charge in [0.1, 0.15) is 5.82 Å². The molecule has 0 aliphatic heterocycles. The van der Waals surface area contributed by atoms with E-state index < -0.39 is 0 Å². The van der Waals surface area contributed by atoms with Crippen LogP contribution in [0.2, 0.25) is 0 Å². The van der Waals surface area contributed by atoms with E-state index in [1.807, 2.05) is 30.7 Å². The fraction of sp³-hybridized carbons (Fsp3) is 0.278. The highest BCUT2D eigenvalue weighted by molar-refractivity contribution is 7.80. The van der Waals surface area contributed by atoms with E-state index in [2.05, 4.69) is 20.8 Å². The van der Waals surface area contributed by atoms with Crippen molar-refractivity contribution in [1.82, 2.24) is 24.9 Å². The molecule has 26 heavy (non-hydrogen) atoms. The summed E-state index contributed by atoms with van der Waals surface area (Å²) in [6.07, 6.45) is 3.56. The maximum Gasteiger partial charge on any atom is 0.172 e. The maximum absolute atomic E-state index is 13.7. The van der Waals surface area contributed by atoms with E-state index in [1.54, 1.807) is 35.3 Å². The summed E-state index contributed by atoms with van der Waals surface area (Å²) < 4.78 is 17.3. The number of hydrogen-bond acceptors (Lipinski definition) is 3. The first-order valence-corrected chi connectivity index (χ1v) is 8.83. The normalized spacial score (nSPS) is 12.0. The lowest BCUT2D eigenvalue weighted by molar-refractivity contribution is 0.568. The first-order valence-electron chi connectivity index (χ1n) is 8.43. The van der Waals surface area contributed by atoms with Crippen molar-refractivity contribution in [2.24, 2.45) is 0 Å². The lowest BCUT2D eigenvalue weighted by atomic mass is 10.2. The molecule has 2 N–H and O–H groups in total. The molecule has 0 aliphatic carbocycles. The molecule has 0 radical (unpaired) electrons. The molecule has 0 bridgehead atoms. The predicted molar refractivity (Wildman–Crippen MR) is 103 cm³/mol. The van der Waals surface area contributed by atoms with Crippen LogP contribution in [0, 0.1) is 5.82 Å². The van der Waals surface area contributed by atoms with Gasteiger partial charge in [0.2, 0.25) is 0 Å². The lowest BCUT2D eigenvalue weighted by Crippen LogP contribution is -2.32. The number of aryl methyl sites for hydroxylation is 1. The van der Waals surface area contributed by atoms with Gasteiger partial charge in [-0.25, -0.2) is 4.39 Å². The molecular weight excluding hydrogens is 351 g/mol. The molecule has 0 saturated carbocycles. The molecule has 3 rings (SSSR count). The average molecular weight is 372 g/mol. The summed E-state index contributed by atoms with van der Waals surface area (Å²) in [6, 6.07) is 10.4. The molecule has 1 aromatic carbocycles. The molecule has 1 unspecified atom stereocenters. The zero-order valence-corrected chi connectivity index (χ0v) is 15.5. The Hall–Kier alpha value is -2.74. The molecule has 3 aromatic rings. The van der Waals surface area contributed by atoms with Crippen LogP contribution in [-0.4, -0.2) is 24.7 Å². The fourth-order valence-corrected chi connectivity index (χ4v) is 3.00. The highest BCUT2D eigenvalue weighted by Gasteiger charge is 2.12. The third-order valence-electron chi connectivity index (χ3n) is 4.01. The van der Waals surface area contributed by atoms with Gasteiger partial charge in [-0.1, -0.05) is 18.2 Å². The van der Waals surface area contributed by atoms with Crippen LogP contribution in [0.3, 0.4) is 0 Å². The third kappa shape index (κ3) is 4.26. The van der Waals surface area contributed by atoms with Crippen LogP contribution in [0.1, 0.15) is 31.1 Å². The van der Waals surface area contributed by atoms with Gasteiger partial charge in [-0.05, 0) is 38.2 Å². The predicted octanol–water partition coefficient (Wildman–Crippen LogP) is 3.33. The summed E-state index contributed by atoms with van der Waals surface area (Å²) in [5.41, 5.74) is 1.64. The summed E-state index contributed by atoms with van der Waals surface area (Å²) in [5.74, 6) is 0.367. The van der Waals surface area contributed by atoms with E-state index in [9.17, 15) is 4.39 Å². The summed E-state index contributed by atoms with van der Waals surface area (Å²) in [6.45, 7) is 5.23. The van der Waals surface area contributed by atoms with E-state index in [1.165, 1.54) is 6.07 Å². The highest BCUT2D eigenvalue weighted by Crippen LogP contribution is 2.13. The molecule has 2 heterocycles. The van der Waals surface area contributed by atoms with Gasteiger partial charge in [-0.3, -0.25) is 9.36 Å². The number of hydrogen-bond donors (Lipinski definition) is 2. The van der Waals surface area contributed by atoms with Crippen molar-refractivity contribution in [3.63, 3.8) is 0 Å². The Morgan fingerprint density at radius 3 is 2.85 bits per heavy atom. The Kier molecular flexibility index (Phi) is 5.62. The smallest absolute Gasteiger partial charge is 0.172 e. The highest BCUT2D eigenvalue weighted by atomic mass is 32.1. The van der Waals surface area contributed by atoms with E-state index >= 15 is 0 Å². The topological polar surface area (TPSA) is 59.7 Å². The van der Waals surface area contributed by atoms with Crippen molar-refractivity contribution in [3.05, 3.63) is 65.9 Å². The molecule has 0 amide bonds. The van der Waals surface area contributed by atoms with Crippen molar-refractivity contribution in [2.45, 2.75) is 33.0 Å². The Bertz CT molecular complexity index is 887. The zero-order valence-electron chi connectivity index (χ0n) is 14.7. The van der Waals surface area contributed by atoms with E-state index in [4.69, 9.17) is 12.2 Å². The van der Waals surface area contributed by atoms with Crippen LogP contribution in [0.25, 0.3) is 0 Å². The molecule has 0 spiro atoms. The molecule has 136 valence electrons. The molecule has 0 saturated heterocycles. The van der Waals surface area contributed by atoms with E-state index in [0.29, 0.717) is 23.0 Å². The molecule has 0 aliphatic rings. The van der Waals surface area contributed by atoms with Gasteiger partial charge in [-0.15, -0.1) is 0 Å². The minimum Gasteiger partial charge on any atom is -0.354 e. The summed E-state index contributed by atoms with van der Waals surface area (Å²) in [7, 11) is 0. The number of anilines is 1. The van der Waals surface area contributed by atoms with Crippen molar-refractivity contribution >= 4 is 23.1 Å². The number of aromatic nitrogens is 4.